The first-order chi connectivity index (χ1) is 14.4. The van der Waals surface area contributed by atoms with Crippen LogP contribution < -0.4 is 0 Å². The molecular formula is C23H28BrNO5. The lowest BCUT2D eigenvalue weighted by molar-refractivity contribution is -0.578. The van der Waals surface area contributed by atoms with E-state index in [1.54, 1.807) is 0 Å². The highest BCUT2D eigenvalue weighted by molar-refractivity contribution is 9.10. The molecule has 4 saturated heterocycles. The number of rotatable bonds is 3. The average Bonchev–Trinajstić information content (AvgIpc) is 2.96. The smallest absolute Gasteiger partial charge is 0.201 e. The fraction of sp³-hybridized carbons (Fsp3) is 0.696. The lowest BCUT2D eigenvalue weighted by Gasteiger charge is -2.60. The standard InChI is InChI=1S/C23H28BrNO5/c1-13-4-9-18-14(2)20(26-19(12-25)15-5-7-16(24)8-6-15)27-21-23(18)17(13)10-11-22(3,28-21)29-30-23/h5-8,13-14,17-21H,4,9-11H2,1-3H3/t13-,14-,17+,18+,19-,20+,21-,22+,23-/m1/s1. The molecular weight excluding hydrogens is 450 g/mol. The third kappa shape index (κ3) is 3.16. The van der Waals surface area contributed by atoms with Crippen LogP contribution in [0.2, 0.25) is 0 Å². The van der Waals surface area contributed by atoms with E-state index >= 15 is 0 Å². The minimum absolute atomic E-state index is 0.0391. The summed E-state index contributed by atoms with van der Waals surface area (Å²) in [6.45, 7) is 6.34. The second-order valence-corrected chi connectivity index (χ2v) is 10.4. The third-order valence-corrected chi connectivity index (χ3v) is 8.19. The number of hydrogen-bond acceptors (Lipinski definition) is 6. The molecule has 2 bridgehead atoms. The van der Waals surface area contributed by atoms with Crippen LogP contribution in [0.5, 0.6) is 0 Å². The molecule has 0 N–H and O–H groups in total. The number of hydrogen-bond donors (Lipinski definition) is 0. The second kappa shape index (κ2) is 7.54. The zero-order valence-electron chi connectivity index (χ0n) is 17.5. The van der Waals surface area contributed by atoms with Crippen molar-refractivity contribution in [3.63, 3.8) is 0 Å². The Hall–Kier alpha value is -1.01. The number of nitrogens with zero attached hydrogens (tertiary/aromatic N) is 1. The van der Waals surface area contributed by atoms with E-state index in [-0.39, 0.29) is 11.8 Å². The van der Waals surface area contributed by atoms with Crippen LogP contribution in [0.25, 0.3) is 0 Å². The molecule has 7 heteroatoms. The molecule has 5 aliphatic rings. The largest absolute Gasteiger partial charge is 0.329 e. The van der Waals surface area contributed by atoms with E-state index in [1.165, 1.54) is 0 Å². The van der Waals surface area contributed by atoms with E-state index in [0.717, 1.165) is 35.7 Å². The highest BCUT2D eigenvalue weighted by atomic mass is 79.9. The van der Waals surface area contributed by atoms with Crippen LogP contribution >= 0.6 is 15.9 Å². The Morgan fingerprint density at radius 1 is 1.13 bits per heavy atom. The van der Waals surface area contributed by atoms with E-state index in [4.69, 9.17) is 24.0 Å². The van der Waals surface area contributed by atoms with Crippen molar-refractivity contribution in [2.45, 2.75) is 76.5 Å². The Morgan fingerprint density at radius 2 is 1.90 bits per heavy atom. The molecule has 1 aliphatic carbocycles. The summed E-state index contributed by atoms with van der Waals surface area (Å²) in [4.78, 5) is 12.0. The molecule has 162 valence electrons. The van der Waals surface area contributed by atoms with Crippen LogP contribution in [0, 0.1) is 35.0 Å². The first kappa shape index (κ1) is 20.9. The quantitative estimate of drug-likeness (QED) is 0.554. The van der Waals surface area contributed by atoms with Crippen molar-refractivity contribution in [2.24, 2.45) is 23.7 Å². The van der Waals surface area contributed by atoms with Crippen molar-refractivity contribution >= 4 is 15.9 Å². The highest BCUT2D eigenvalue weighted by Gasteiger charge is 2.69. The van der Waals surface area contributed by atoms with E-state index in [0.29, 0.717) is 11.8 Å². The van der Waals surface area contributed by atoms with Crippen molar-refractivity contribution in [2.75, 3.05) is 0 Å². The fourth-order valence-electron chi connectivity index (χ4n) is 5.98. The molecule has 30 heavy (non-hydrogen) atoms. The average molecular weight is 478 g/mol. The number of nitriles is 1. The van der Waals surface area contributed by atoms with Crippen LogP contribution in [0.1, 0.15) is 58.1 Å². The Labute approximate surface area is 185 Å². The summed E-state index contributed by atoms with van der Waals surface area (Å²) in [6.07, 6.45) is 2.06. The predicted molar refractivity (Wildman–Crippen MR) is 110 cm³/mol. The van der Waals surface area contributed by atoms with E-state index < -0.39 is 30.1 Å². The highest BCUT2D eigenvalue weighted by Crippen LogP contribution is 2.60. The molecule has 1 aromatic rings. The van der Waals surface area contributed by atoms with Crippen molar-refractivity contribution in [1.82, 2.24) is 0 Å². The van der Waals surface area contributed by atoms with E-state index in [2.05, 4.69) is 35.8 Å². The maximum atomic E-state index is 9.78. The maximum Gasteiger partial charge on any atom is 0.201 e. The van der Waals surface area contributed by atoms with Gasteiger partial charge in [0.05, 0.1) is 6.07 Å². The molecule has 5 fully saturated rings. The van der Waals surface area contributed by atoms with Gasteiger partial charge >= 0.3 is 0 Å². The SMILES string of the molecule is C[C@H]1[C@@H](O[C@H](C#N)c2ccc(Br)cc2)O[C@@H]2O[C@]3(C)CC[C@H]4[C@H](C)CC[C@@H]1[C@@]24OO3. The molecule has 4 aliphatic heterocycles. The molecule has 9 atom stereocenters. The van der Waals surface area contributed by atoms with Gasteiger partial charge in [-0.1, -0.05) is 41.9 Å². The second-order valence-electron chi connectivity index (χ2n) is 9.47. The predicted octanol–water partition coefficient (Wildman–Crippen LogP) is 5.24. The molecule has 0 unspecified atom stereocenters. The van der Waals surface area contributed by atoms with Crippen molar-refractivity contribution < 1.29 is 24.0 Å². The van der Waals surface area contributed by atoms with Crippen LogP contribution in [-0.2, 0) is 24.0 Å². The van der Waals surface area contributed by atoms with Gasteiger partial charge in [-0.15, -0.1) is 0 Å². The molecule has 0 amide bonds. The van der Waals surface area contributed by atoms with Gasteiger partial charge in [0, 0.05) is 22.7 Å². The summed E-state index contributed by atoms with van der Waals surface area (Å²) < 4.78 is 20.0. The van der Waals surface area contributed by atoms with Crippen molar-refractivity contribution in [3.8, 4) is 6.07 Å². The first-order valence-corrected chi connectivity index (χ1v) is 11.7. The van der Waals surface area contributed by atoms with Gasteiger partial charge in [0.1, 0.15) is 0 Å². The molecule has 6 rings (SSSR count). The summed E-state index contributed by atoms with van der Waals surface area (Å²) in [5, 5.41) is 9.78. The number of fused-ring (bicyclic) bond motifs is 2. The first-order valence-electron chi connectivity index (χ1n) is 10.9. The van der Waals surface area contributed by atoms with Gasteiger partial charge in [0.2, 0.25) is 5.79 Å². The minimum atomic E-state index is -0.816. The molecule has 1 saturated carbocycles. The summed E-state index contributed by atoms with van der Waals surface area (Å²) in [6, 6.07) is 9.90. The summed E-state index contributed by atoms with van der Waals surface area (Å²) in [5.74, 6) is 0.223. The van der Waals surface area contributed by atoms with Gasteiger partial charge < -0.3 is 14.2 Å². The number of halogens is 1. The monoisotopic (exact) mass is 477 g/mol. The Kier molecular flexibility index (Phi) is 5.25. The topological polar surface area (TPSA) is 69.9 Å². The Morgan fingerprint density at radius 3 is 2.63 bits per heavy atom. The third-order valence-electron chi connectivity index (χ3n) is 7.66. The van der Waals surface area contributed by atoms with Gasteiger partial charge in [0.15, 0.2) is 24.3 Å². The zero-order chi connectivity index (χ0) is 21.1. The summed E-state index contributed by atoms with van der Waals surface area (Å²) >= 11 is 3.44. The lowest BCUT2D eigenvalue weighted by atomic mass is 9.58. The number of ether oxygens (including phenoxy) is 3. The van der Waals surface area contributed by atoms with Crippen LogP contribution in [-0.4, -0.2) is 24.0 Å². The molecule has 4 heterocycles. The van der Waals surface area contributed by atoms with Gasteiger partial charge in [-0.2, -0.15) is 5.26 Å². The maximum absolute atomic E-state index is 9.78. The van der Waals surface area contributed by atoms with Gasteiger partial charge in [-0.3, -0.25) is 0 Å². The number of benzene rings is 1. The van der Waals surface area contributed by atoms with Gasteiger partial charge in [-0.05, 0) is 55.7 Å². The molecule has 0 aromatic heterocycles. The molecule has 1 spiro atoms. The normalized spacial score (nSPS) is 45.8. The van der Waals surface area contributed by atoms with Crippen molar-refractivity contribution in [1.29, 1.82) is 5.26 Å². The minimum Gasteiger partial charge on any atom is -0.329 e. The molecule has 1 aromatic carbocycles. The van der Waals surface area contributed by atoms with Crippen molar-refractivity contribution in [3.05, 3.63) is 34.3 Å². The fourth-order valence-corrected chi connectivity index (χ4v) is 6.25. The summed E-state index contributed by atoms with van der Waals surface area (Å²) in [7, 11) is 0. The van der Waals surface area contributed by atoms with E-state index in [9.17, 15) is 5.26 Å². The van der Waals surface area contributed by atoms with E-state index in [1.807, 2.05) is 31.2 Å². The lowest BCUT2D eigenvalue weighted by Crippen LogP contribution is -2.70. The van der Waals surface area contributed by atoms with Crippen LogP contribution in [0.3, 0.4) is 0 Å². The van der Waals surface area contributed by atoms with Crippen LogP contribution in [0.15, 0.2) is 28.7 Å². The Bertz CT molecular complexity index is 843. The van der Waals surface area contributed by atoms with Gasteiger partial charge in [-0.25, -0.2) is 9.78 Å². The molecule has 6 nitrogen and oxygen atoms in total. The zero-order valence-corrected chi connectivity index (χ0v) is 19.1. The van der Waals surface area contributed by atoms with Gasteiger partial charge in [0.25, 0.3) is 0 Å². The Balaban J connectivity index is 1.45. The van der Waals surface area contributed by atoms with Crippen LogP contribution in [0.4, 0.5) is 0 Å². The summed E-state index contributed by atoms with van der Waals surface area (Å²) in [5.41, 5.74) is 0.189. The molecule has 0 radical (unpaired) electrons.